The van der Waals surface area contributed by atoms with Crippen LogP contribution in [0, 0.1) is 28.6 Å². The number of rotatable bonds is 1. The molecule has 4 fully saturated rings. The van der Waals surface area contributed by atoms with E-state index in [1.165, 1.54) is 5.57 Å². The molecule has 8 atom stereocenters. The molecule has 3 saturated carbocycles. The first-order valence-corrected chi connectivity index (χ1v) is 13.0. The van der Waals surface area contributed by atoms with Crippen LogP contribution in [0.5, 0.6) is 0 Å². The van der Waals surface area contributed by atoms with Gasteiger partial charge in [-0.25, -0.2) is 0 Å². The lowest BCUT2D eigenvalue weighted by Crippen LogP contribution is -2.60. The Morgan fingerprint density at radius 1 is 1.13 bits per heavy atom. The molecule has 0 aromatic rings. The zero-order valence-electron chi connectivity index (χ0n) is 18.5. The topological polar surface area (TPSA) is 52.6 Å². The highest BCUT2D eigenvalue weighted by molar-refractivity contribution is 9.12. The summed E-state index contributed by atoms with van der Waals surface area (Å²) in [4.78, 5) is 25.6. The van der Waals surface area contributed by atoms with Gasteiger partial charge >= 0.3 is 0 Å². The summed E-state index contributed by atoms with van der Waals surface area (Å²) in [5, 5.41) is 0. The molecule has 1 aliphatic heterocycles. The van der Waals surface area contributed by atoms with E-state index in [0.717, 1.165) is 43.0 Å². The Balaban J connectivity index is 1.55. The molecule has 166 valence electrons. The number of ether oxygens (including phenoxy) is 2. The van der Waals surface area contributed by atoms with Gasteiger partial charge in [-0.3, -0.25) is 9.59 Å². The van der Waals surface area contributed by atoms with Crippen molar-refractivity contribution in [1.82, 2.24) is 0 Å². The van der Waals surface area contributed by atoms with Gasteiger partial charge in [0.2, 0.25) is 0 Å². The van der Waals surface area contributed by atoms with Crippen molar-refractivity contribution in [3.05, 3.63) is 10.1 Å². The summed E-state index contributed by atoms with van der Waals surface area (Å²) in [6, 6.07) is 0. The summed E-state index contributed by atoms with van der Waals surface area (Å²) in [6.45, 7) is 10.2. The molecule has 0 aromatic carbocycles. The Hall–Kier alpha value is -0.0400. The molecule has 0 spiro atoms. The largest absolute Gasteiger partial charge is 0.344 e. The Morgan fingerprint density at radius 2 is 1.83 bits per heavy atom. The molecule has 0 bridgehead atoms. The van der Waals surface area contributed by atoms with Crippen molar-refractivity contribution >= 4 is 43.4 Å². The summed E-state index contributed by atoms with van der Waals surface area (Å²) in [6.07, 6.45) is 5.67. The molecule has 1 saturated heterocycles. The van der Waals surface area contributed by atoms with Crippen LogP contribution in [0.4, 0.5) is 0 Å². The predicted octanol–water partition coefficient (Wildman–Crippen LogP) is 5.70. The molecule has 0 radical (unpaired) electrons. The second-order valence-electron chi connectivity index (χ2n) is 11.3. The first kappa shape index (κ1) is 21.8. The lowest BCUT2D eigenvalue weighted by Gasteiger charge is -2.59. The maximum atomic E-state index is 13.1. The van der Waals surface area contributed by atoms with Gasteiger partial charge in [0.1, 0.15) is 0 Å². The highest BCUT2D eigenvalue weighted by Gasteiger charge is 2.75. The quantitative estimate of drug-likeness (QED) is 0.398. The maximum Gasteiger partial charge on any atom is 0.183 e. The summed E-state index contributed by atoms with van der Waals surface area (Å²) in [5.74, 6) is 1.06. The van der Waals surface area contributed by atoms with Crippen molar-refractivity contribution in [2.24, 2.45) is 28.6 Å². The molecule has 5 rings (SSSR count). The number of halogens is 2. The van der Waals surface area contributed by atoms with E-state index in [1.54, 1.807) is 6.92 Å². The number of hydrogen-bond donors (Lipinski definition) is 0. The SMILES string of the molecule is CC(=O)C12OC(C)(C)OC1CC1C3CCC4=C(Br)C(=O)C(Br)CC4(C)C3CCC12C. The molecule has 4 nitrogen and oxygen atoms in total. The van der Waals surface area contributed by atoms with Crippen molar-refractivity contribution in [2.75, 3.05) is 0 Å². The van der Waals surface area contributed by atoms with Crippen LogP contribution in [0.3, 0.4) is 0 Å². The fourth-order valence-corrected chi connectivity index (χ4v) is 10.6. The van der Waals surface area contributed by atoms with Gasteiger partial charge in [0.05, 0.1) is 15.4 Å². The van der Waals surface area contributed by atoms with E-state index in [0.29, 0.717) is 17.8 Å². The standard InChI is InChI=1S/C24H32Br2O4/c1-12(27)24-18(29-21(2,3)30-24)10-16-13-6-7-15-19(26)20(28)17(25)11-22(15,4)14(13)8-9-23(16,24)5/h13-14,16-18H,6-11H2,1-5H3. The lowest BCUT2D eigenvalue weighted by molar-refractivity contribution is -0.214. The normalized spacial score (nSPS) is 51.8. The first-order valence-electron chi connectivity index (χ1n) is 11.3. The third-order valence-electron chi connectivity index (χ3n) is 9.56. The minimum Gasteiger partial charge on any atom is -0.344 e. The van der Waals surface area contributed by atoms with E-state index in [2.05, 4.69) is 45.7 Å². The monoisotopic (exact) mass is 542 g/mol. The van der Waals surface area contributed by atoms with E-state index in [9.17, 15) is 9.59 Å². The van der Waals surface area contributed by atoms with Crippen molar-refractivity contribution in [2.45, 2.75) is 95.5 Å². The molecule has 4 aliphatic carbocycles. The summed E-state index contributed by atoms with van der Waals surface area (Å²) in [5.41, 5.74) is 0.310. The van der Waals surface area contributed by atoms with E-state index in [-0.39, 0.29) is 33.3 Å². The number of carbonyl (C=O) groups excluding carboxylic acids is 2. The average Bonchev–Trinajstić information content (AvgIpc) is 3.06. The van der Waals surface area contributed by atoms with Gasteiger partial charge < -0.3 is 9.47 Å². The van der Waals surface area contributed by atoms with Crippen LogP contribution in [-0.2, 0) is 19.1 Å². The van der Waals surface area contributed by atoms with Crippen LogP contribution in [0.1, 0.15) is 73.1 Å². The van der Waals surface area contributed by atoms with Gasteiger partial charge in [-0.15, -0.1) is 0 Å². The van der Waals surface area contributed by atoms with Crippen molar-refractivity contribution in [3.8, 4) is 0 Å². The zero-order chi connectivity index (χ0) is 21.9. The average molecular weight is 544 g/mol. The maximum absolute atomic E-state index is 13.1. The predicted molar refractivity (Wildman–Crippen MR) is 122 cm³/mol. The summed E-state index contributed by atoms with van der Waals surface area (Å²) >= 11 is 7.31. The zero-order valence-corrected chi connectivity index (χ0v) is 21.7. The second kappa shape index (κ2) is 6.51. The molecule has 8 unspecified atom stereocenters. The van der Waals surface area contributed by atoms with Gasteiger partial charge in [0.25, 0.3) is 0 Å². The summed E-state index contributed by atoms with van der Waals surface area (Å²) < 4.78 is 13.7. The number of alkyl halides is 1. The fourth-order valence-electron chi connectivity index (χ4n) is 8.44. The van der Waals surface area contributed by atoms with Crippen LogP contribution in [-0.4, -0.2) is 33.9 Å². The molecule has 1 heterocycles. The first-order chi connectivity index (χ1) is 13.9. The number of ketones is 2. The van der Waals surface area contributed by atoms with Crippen LogP contribution in [0.15, 0.2) is 10.1 Å². The number of allylic oxidation sites excluding steroid dienone is 1. The van der Waals surface area contributed by atoms with Gasteiger partial charge in [0, 0.05) is 5.41 Å². The fraction of sp³-hybridized carbons (Fsp3) is 0.833. The Bertz CT molecular complexity index is 865. The van der Waals surface area contributed by atoms with E-state index in [1.807, 2.05) is 13.8 Å². The van der Waals surface area contributed by atoms with E-state index in [4.69, 9.17) is 9.47 Å². The van der Waals surface area contributed by atoms with Gasteiger partial charge in [0.15, 0.2) is 23.0 Å². The van der Waals surface area contributed by atoms with Gasteiger partial charge in [-0.1, -0.05) is 29.8 Å². The highest BCUT2D eigenvalue weighted by atomic mass is 79.9. The molecule has 6 heteroatoms. The van der Waals surface area contributed by atoms with Gasteiger partial charge in [-0.05, 0) is 104 Å². The molecule has 0 N–H and O–H groups in total. The minimum absolute atomic E-state index is 0.0211. The van der Waals surface area contributed by atoms with Crippen LogP contribution >= 0.6 is 31.9 Å². The molecule has 30 heavy (non-hydrogen) atoms. The summed E-state index contributed by atoms with van der Waals surface area (Å²) in [7, 11) is 0. The number of fused-ring (bicyclic) bond motifs is 7. The molecular formula is C24H32Br2O4. The third kappa shape index (κ3) is 2.51. The molecular weight excluding hydrogens is 512 g/mol. The van der Waals surface area contributed by atoms with Gasteiger partial charge in [-0.2, -0.15) is 0 Å². The lowest BCUT2D eigenvalue weighted by atomic mass is 9.46. The second-order valence-corrected chi connectivity index (χ2v) is 13.2. The third-order valence-corrected chi connectivity index (χ3v) is 11.2. The smallest absolute Gasteiger partial charge is 0.183 e. The molecule has 0 aromatic heterocycles. The Labute approximate surface area is 196 Å². The van der Waals surface area contributed by atoms with Crippen LogP contribution in [0.25, 0.3) is 0 Å². The van der Waals surface area contributed by atoms with E-state index < -0.39 is 11.4 Å². The number of Topliss-reactive ketones (excluding diaryl/α,β-unsaturated/α-hetero) is 2. The van der Waals surface area contributed by atoms with E-state index >= 15 is 0 Å². The Kier molecular flexibility index (Phi) is 4.73. The Morgan fingerprint density at radius 3 is 2.50 bits per heavy atom. The molecule has 5 aliphatic rings. The van der Waals surface area contributed by atoms with Crippen LogP contribution in [0.2, 0.25) is 0 Å². The number of hydrogen-bond acceptors (Lipinski definition) is 4. The van der Waals surface area contributed by atoms with Crippen molar-refractivity contribution in [3.63, 3.8) is 0 Å². The van der Waals surface area contributed by atoms with Crippen LogP contribution < -0.4 is 0 Å². The minimum atomic E-state index is -0.829. The molecule has 0 amide bonds. The van der Waals surface area contributed by atoms with Crippen molar-refractivity contribution < 1.29 is 19.1 Å². The highest BCUT2D eigenvalue weighted by Crippen LogP contribution is 2.71. The van der Waals surface area contributed by atoms with Crippen molar-refractivity contribution in [1.29, 1.82) is 0 Å². The number of carbonyl (C=O) groups is 2.